The summed E-state index contributed by atoms with van der Waals surface area (Å²) >= 11 is 3.49. The summed E-state index contributed by atoms with van der Waals surface area (Å²) in [6.07, 6.45) is 0.705. The van der Waals surface area contributed by atoms with Crippen molar-refractivity contribution in [2.24, 2.45) is 0 Å². The van der Waals surface area contributed by atoms with E-state index >= 15 is 0 Å². The molecule has 1 N–H and O–H groups in total. The van der Waals surface area contributed by atoms with Crippen LogP contribution in [-0.4, -0.2) is 53.8 Å². The monoisotopic (exact) mass is 562 g/mol. The number of amides is 1. The Kier molecular flexibility index (Phi) is 8.46. The minimum Gasteiger partial charge on any atom is -0.507 e. The van der Waals surface area contributed by atoms with E-state index in [9.17, 15) is 14.7 Å². The fraction of sp³-hybridized carbons (Fsp3) is 0.267. The van der Waals surface area contributed by atoms with Crippen LogP contribution in [0.1, 0.15) is 34.7 Å². The molecule has 1 fully saturated rings. The Morgan fingerprint density at radius 3 is 2.46 bits per heavy atom. The first-order chi connectivity index (χ1) is 17.8. The van der Waals surface area contributed by atoms with Crippen molar-refractivity contribution in [2.45, 2.75) is 26.0 Å². The maximum Gasteiger partial charge on any atom is 0.295 e. The molecule has 6 nitrogen and oxygen atoms in total. The van der Waals surface area contributed by atoms with Crippen molar-refractivity contribution in [1.82, 2.24) is 9.80 Å². The summed E-state index contributed by atoms with van der Waals surface area (Å²) in [6, 6.07) is 22.0. The smallest absolute Gasteiger partial charge is 0.295 e. The van der Waals surface area contributed by atoms with E-state index < -0.39 is 17.7 Å². The van der Waals surface area contributed by atoms with Crippen molar-refractivity contribution in [3.63, 3.8) is 0 Å². The Balaban J connectivity index is 1.68. The van der Waals surface area contributed by atoms with Gasteiger partial charge in [0.2, 0.25) is 0 Å². The molecule has 1 aliphatic rings. The minimum atomic E-state index is -0.672. The molecule has 0 aliphatic carbocycles. The molecule has 0 unspecified atom stereocenters. The van der Waals surface area contributed by atoms with Gasteiger partial charge in [0.1, 0.15) is 18.1 Å². The number of likely N-dealkylation sites (tertiary alicyclic amines) is 1. The lowest BCUT2D eigenvalue weighted by molar-refractivity contribution is -0.139. The largest absolute Gasteiger partial charge is 0.507 e. The second-order valence-electron chi connectivity index (χ2n) is 9.46. The molecule has 192 valence electrons. The first-order valence-electron chi connectivity index (χ1n) is 12.2. The van der Waals surface area contributed by atoms with Gasteiger partial charge in [0.15, 0.2) is 0 Å². The van der Waals surface area contributed by atoms with Gasteiger partial charge in [0, 0.05) is 16.6 Å². The average molecular weight is 563 g/mol. The summed E-state index contributed by atoms with van der Waals surface area (Å²) in [4.78, 5) is 30.0. The van der Waals surface area contributed by atoms with E-state index in [4.69, 9.17) is 4.74 Å². The predicted molar refractivity (Wildman–Crippen MR) is 148 cm³/mol. The SMILES string of the molecule is Cc1cc(C(O)=C2C(=O)C(=O)N(CCCN(C)C)[C@H]2c2cccc(Br)c2)ccc1OCc1ccccc1. The van der Waals surface area contributed by atoms with Crippen molar-refractivity contribution in [1.29, 1.82) is 0 Å². The summed E-state index contributed by atoms with van der Waals surface area (Å²) in [5, 5.41) is 11.4. The topological polar surface area (TPSA) is 70.1 Å². The van der Waals surface area contributed by atoms with Crippen molar-refractivity contribution in [3.8, 4) is 5.75 Å². The first-order valence-corrected chi connectivity index (χ1v) is 13.0. The number of aliphatic hydroxyl groups is 1. The molecule has 4 rings (SSSR count). The summed E-state index contributed by atoms with van der Waals surface area (Å²) < 4.78 is 6.80. The third-order valence-electron chi connectivity index (χ3n) is 6.39. The van der Waals surface area contributed by atoms with Crippen LogP contribution in [0, 0.1) is 6.92 Å². The molecule has 1 amide bonds. The highest BCUT2D eigenvalue weighted by molar-refractivity contribution is 9.10. The lowest BCUT2D eigenvalue weighted by atomic mass is 9.94. The number of ether oxygens (including phenoxy) is 1. The summed E-state index contributed by atoms with van der Waals surface area (Å²) in [6.45, 7) is 3.50. The Morgan fingerprint density at radius 2 is 1.78 bits per heavy atom. The van der Waals surface area contributed by atoms with Gasteiger partial charge in [-0.15, -0.1) is 0 Å². The van der Waals surface area contributed by atoms with Crippen LogP contribution in [0.5, 0.6) is 5.75 Å². The number of hydrogen-bond donors (Lipinski definition) is 1. The zero-order valence-electron chi connectivity index (χ0n) is 21.3. The van der Waals surface area contributed by atoms with Gasteiger partial charge in [-0.3, -0.25) is 9.59 Å². The van der Waals surface area contributed by atoms with Crippen molar-refractivity contribution >= 4 is 33.4 Å². The zero-order valence-corrected chi connectivity index (χ0v) is 22.9. The van der Waals surface area contributed by atoms with Gasteiger partial charge < -0.3 is 19.6 Å². The summed E-state index contributed by atoms with van der Waals surface area (Å²) in [5.74, 6) is -0.761. The molecular weight excluding hydrogens is 532 g/mol. The average Bonchev–Trinajstić information content (AvgIpc) is 3.13. The van der Waals surface area contributed by atoms with Crippen LogP contribution >= 0.6 is 15.9 Å². The van der Waals surface area contributed by atoms with Crippen LogP contribution < -0.4 is 4.74 Å². The molecule has 0 aromatic heterocycles. The number of carbonyl (C=O) groups is 2. The number of aliphatic hydroxyl groups excluding tert-OH is 1. The Hall–Kier alpha value is -3.42. The molecule has 7 heteroatoms. The number of Topliss-reactive ketones (excluding diaryl/α,β-unsaturated/α-hetero) is 1. The fourth-order valence-electron chi connectivity index (χ4n) is 4.54. The third-order valence-corrected chi connectivity index (χ3v) is 6.89. The Labute approximate surface area is 226 Å². The standard InChI is InChI=1S/C30H31BrN2O4/c1-20-17-23(13-14-25(20)37-19-21-9-5-4-6-10-21)28(34)26-27(22-11-7-12-24(31)18-22)33(30(36)29(26)35)16-8-15-32(2)3/h4-7,9-14,17-18,27,34H,8,15-16,19H2,1-3H3/t27-/m0/s1. The molecule has 37 heavy (non-hydrogen) atoms. The number of nitrogens with zero attached hydrogens (tertiary/aromatic N) is 2. The number of rotatable bonds is 9. The normalized spacial score (nSPS) is 17.0. The van der Waals surface area contributed by atoms with E-state index in [1.165, 1.54) is 0 Å². The quantitative estimate of drug-likeness (QED) is 0.205. The van der Waals surface area contributed by atoms with E-state index in [1.807, 2.05) is 80.5 Å². The number of halogens is 1. The van der Waals surface area contributed by atoms with Crippen molar-refractivity contribution in [3.05, 3.63) is 105 Å². The molecule has 0 bridgehead atoms. The highest BCUT2D eigenvalue weighted by atomic mass is 79.9. The second kappa shape index (κ2) is 11.8. The predicted octanol–water partition coefficient (Wildman–Crippen LogP) is 5.71. The molecular formula is C30H31BrN2O4. The molecule has 3 aromatic carbocycles. The van der Waals surface area contributed by atoms with Crippen molar-refractivity contribution < 1.29 is 19.4 Å². The molecule has 0 radical (unpaired) electrons. The fourth-order valence-corrected chi connectivity index (χ4v) is 4.96. The summed E-state index contributed by atoms with van der Waals surface area (Å²) in [5.41, 5.74) is 3.21. The molecule has 3 aromatic rings. The Morgan fingerprint density at radius 1 is 1.03 bits per heavy atom. The summed E-state index contributed by atoms with van der Waals surface area (Å²) in [7, 11) is 3.94. The number of benzene rings is 3. The van der Waals surface area contributed by atoms with E-state index in [-0.39, 0.29) is 11.3 Å². The van der Waals surface area contributed by atoms with E-state index in [0.29, 0.717) is 30.9 Å². The minimum absolute atomic E-state index is 0.102. The molecule has 0 saturated carbocycles. The molecule has 0 spiro atoms. The van der Waals surface area contributed by atoms with Gasteiger partial charge in [0.05, 0.1) is 11.6 Å². The molecule has 1 heterocycles. The number of hydrogen-bond acceptors (Lipinski definition) is 5. The highest BCUT2D eigenvalue weighted by Gasteiger charge is 2.45. The number of aryl methyl sites for hydroxylation is 1. The van der Waals surface area contributed by atoms with Crippen LogP contribution in [0.4, 0.5) is 0 Å². The highest BCUT2D eigenvalue weighted by Crippen LogP contribution is 2.40. The van der Waals surface area contributed by atoms with E-state index in [2.05, 4.69) is 15.9 Å². The molecule has 1 atom stereocenters. The maximum atomic E-state index is 13.3. The molecule has 1 saturated heterocycles. The third kappa shape index (κ3) is 6.12. The first kappa shape index (κ1) is 26.6. The van der Waals surface area contributed by atoms with E-state index in [0.717, 1.165) is 27.7 Å². The number of ketones is 1. The lowest BCUT2D eigenvalue weighted by Gasteiger charge is -2.26. The van der Waals surface area contributed by atoms with Gasteiger partial charge in [-0.2, -0.15) is 0 Å². The lowest BCUT2D eigenvalue weighted by Crippen LogP contribution is -2.32. The van der Waals surface area contributed by atoms with Gasteiger partial charge in [-0.1, -0.05) is 58.4 Å². The van der Waals surface area contributed by atoms with Gasteiger partial charge in [0.25, 0.3) is 11.7 Å². The van der Waals surface area contributed by atoms with Crippen LogP contribution in [0.15, 0.2) is 82.8 Å². The van der Waals surface area contributed by atoms with Crippen LogP contribution in [0.3, 0.4) is 0 Å². The van der Waals surface area contributed by atoms with Gasteiger partial charge in [-0.25, -0.2) is 0 Å². The van der Waals surface area contributed by atoms with Crippen molar-refractivity contribution in [2.75, 3.05) is 27.2 Å². The van der Waals surface area contributed by atoms with Crippen LogP contribution in [-0.2, 0) is 16.2 Å². The second-order valence-corrected chi connectivity index (χ2v) is 10.4. The van der Waals surface area contributed by atoms with Gasteiger partial charge >= 0.3 is 0 Å². The number of carbonyl (C=O) groups excluding carboxylic acids is 2. The zero-order chi connectivity index (χ0) is 26.5. The molecule has 1 aliphatic heterocycles. The van der Waals surface area contributed by atoms with E-state index in [1.54, 1.807) is 23.1 Å². The maximum absolute atomic E-state index is 13.3. The van der Waals surface area contributed by atoms with Crippen LogP contribution in [0.25, 0.3) is 5.76 Å². The van der Waals surface area contributed by atoms with Crippen LogP contribution in [0.2, 0.25) is 0 Å². The van der Waals surface area contributed by atoms with Gasteiger partial charge in [-0.05, 0) is 81.0 Å². The Bertz CT molecular complexity index is 1320.